The first-order chi connectivity index (χ1) is 8.26. The van der Waals surface area contributed by atoms with E-state index in [1.807, 2.05) is 14.0 Å². The zero-order chi connectivity index (χ0) is 13.6. The van der Waals surface area contributed by atoms with Gasteiger partial charge in [-0.05, 0) is 28.8 Å². The predicted octanol–water partition coefficient (Wildman–Crippen LogP) is 0.837. The van der Waals surface area contributed by atoms with Gasteiger partial charge in [0, 0.05) is 13.5 Å². The topological polar surface area (TPSA) is 72.2 Å². The number of aliphatic hydroxyl groups is 1. The van der Waals surface area contributed by atoms with Crippen molar-refractivity contribution in [1.29, 1.82) is 0 Å². The van der Waals surface area contributed by atoms with Crippen LogP contribution in [0, 0.1) is 0 Å². The number of rotatable bonds is 3. The largest absolute Gasteiger partial charge is 0.388 e. The van der Waals surface area contributed by atoms with Crippen LogP contribution < -0.4 is 0 Å². The molecular weight excluding hydrogens is 320 g/mol. The molecule has 0 amide bonds. The number of aryl methyl sites for hydroxylation is 2. The van der Waals surface area contributed by atoms with E-state index in [1.54, 1.807) is 4.68 Å². The maximum atomic E-state index is 11.5. The lowest BCUT2D eigenvalue weighted by Crippen LogP contribution is -2.33. The van der Waals surface area contributed by atoms with Gasteiger partial charge in [-0.2, -0.15) is 5.10 Å². The molecule has 102 valence electrons. The van der Waals surface area contributed by atoms with Gasteiger partial charge in [0.05, 0.1) is 33.0 Å². The average Bonchev–Trinajstić information content (AvgIpc) is 2.69. The van der Waals surface area contributed by atoms with Gasteiger partial charge in [0.15, 0.2) is 9.84 Å². The molecule has 1 aromatic rings. The molecule has 1 atom stereocenters. The highest BCUT2D eigenvalue weighted by Gasteiger charge is 2.41. The van der Waals surface area contributed by atoms with Crippen molar-refractivity contribution in [3.05, 3.63) is 15.9 Å². The summed E-state index contributed by atoms with van der Waals surface area (Å²) in [5, 5.41) is 14.7. The minimum Gasteiger partial charge on any atom is -0.388 e. The number of aromatic nitrogens is 2. The van der Waals surface area contributed by atoms with Gasteiger partial charge in [-0.1, -0.05) is 6.92 Å². The lowest BCUT2D eigenvalue weighted by Gasteiger charge is -2.20. The molecule has 1 fully saturated rings. The van der Waals surface area contributed by atoms with Crippen LogP contribution in [0.3, 0.4) is 0 Å². The zero-order valence-corrected chi connectivity index (χ0v) is 12.9. The minimum atomic E-state index is -3.09. The Labute approximate surface area is 115 Å². The van der Waals surface area contributed by atoms with E-state index < -0.39 is 15.4 Å². The third-order valence-electron chi connectivity index (χ3n) is 3.37. The van der Waals surface area contributed by atoms with E-state index in [0.717, 1.165) is 22.3 Å². The average molecular weight is 337 g/mol. The Kier molecular flexibility index (Phi) is 3.59. The molecule has 0 radical (unpaired) electrons. The molecule has 1 aliphatic rings. The first-order valence-electron chi connectivity index (χ1n) is 5.89. The van der Waals surface area contributed by atoms with Crippen molar-refractivity contribution in [3.63, 3.8) is 0 Å². The number of hydrogen-bond acceptors (Lipinski definition) is 4. The smallest absolute Gasteiger partial charge is 0.153 e. The fourth-order valence-electron chi connectivity index (χ4n) is 2.36. The quantitative estimate of drug-likeness (QED) is 0.887. The van der Waals surface area contributed by atoms with Gasteiger partial charge in [-0.25, -0.2) is 8.42 Å². The zero-order valence-electron chi connectivity index (χ0n) is 10.5. The number of hydrogen-bond donors (Lipinski definition) is 1. The normalized spacial score (nSPS) is 26.7. The summed E-state index contributed by atoms with van der Waals surface area (Å²) in [7, 11) is -1.28. The van der Waals surface area contributed by atoms with Crippen molar-refractivity contribution in [2.24, 2.45) is 7.05 Å². The molecule has 1 unspecified atom stereocenters. The summed E-state index contributed by atoms with van der Waals surface area (Å²) in [4.78, 5) is 0. The summed E-state index contributed by atoms with van der Waals surface area (Å²) in [5.41, 5.74) is 0.628. The molecule has 18 heavy (non-hydrogen) atoms. The van der Waals surface area contributed by atoms with Crippen molar-refractivity contribution in [2.45, 2.75) is 31.8 Å². The summed E-state index contributed by atoms with van der Waals surface area (Å²) in [6, 6.07) is 0. The summed E-state index contributed by atoms with van der Waals surface area (Å²) in [6.45, 7) is 2.01. The summed E-state index contributed by atoms with van der Waals surface area (Å²) >= 11 is 3.48. The van der Waals surface area contributed by atoms with E-state index in [4.69, 9.17) is 0 Å². The Morgan fingerprint density at radius 3 is 2.67 bits per heavy atom. The SMILES string of the molecule is CCc1nn(C)c(CC2(O)CCS(=O)(=O)C2)c1Br. The Morgan fingerprint density at radius 2 is 2.22 bits per heavy atom. The molecule has 5 nitrogen and oxygen atoms in total. The summed E-state index contributed by atoms with van der Waals surface area (Å²) in [5.74, 6) is -0.0846. The minimum absolute atomic E-state index is 0.0691. The fourth-order valence-corrected chi connectivity index (χ4v) is 5.02. The molecule has 2 heterocycles. The van der Waals surface area contributed by atoms with Crippen molar-refractivity contribution in [3.8, 4) is 0 Å². The fraction of sp³-hybridized carbons (Fsp3) is 0.727. The molecule has 0 aromatic carbocycles. The van der Waals surface area contributed by atoms with Crippen LogP contribution >= 0.6 is 15.9 Å². The van der Waals surface area contributed by atoms with Gasteiger partial charge in [0.2, 0.25) is 0 Å². The molecule has 0 bridgehead atoms. The second kappa shape index (κ2) is 4.61. The first kappa shape index (κ1) is 14.0. The van der Waals surface area contributed by atoms with E-state index in [9.17, 15) is 13.5 Å². The molecule has 1 aliphatic heterocycles. The van der Waals surface area contributed by atoms with E-state index in [0.29, 0.717) is 12.8 Å². The van der Waals surface area contributed by atoms with E-state index in [2.05, 4.69) is 21.0 Å². The lowest BCUT2D eigenvalue weighted by atomic mass is 9.97. The molecule has 2 rings (SSSR count). The highest BCUT2D eigenvalue weighted by Crippen LogP contribution is 2.31. The standard InChI is InChI=1S/C11H17BrN2O3S/c1-3-8-10(12)9(14(2)13-8)6-11(15)4-5-18(16,17)7-11/h15H,3-7H2,1-2H3. The van der Waals surface area contributed by atoms with Gasteiger partial charge in [-0.3, -0.25) is 4.68 Å². The Morgan fingerprint density at radius 1 is 1.56 bits per heavy atom. The number of nitrogens with zero attached hydrogens (tertiary/aromatic N) is 2. The van der Waals surface area contributed by atoms with Crippen LogP contribution in [0.1, 0.15) is 24.7 Å². The van der Waals surface area contributed by atoms with Crippen LogP contribution in [-0.2, 0) is 29.7 Å². The van der Waals surface area contributed by atoms with Crippen molar-refractivity contribution in [2.75, 3.05) is 11.5 Å². The second-order valence-electron chi connectivity index (χ2n) is 4.93. The van der Waals surface area contributed by atoms with Crippen molar-refractivity contribution < 1.29 is 13.5 Å². The molecular formula is C11H17BrN2O3S. The van der Waals surface area contributed by atoms with Crippen LogP contribution in [0.4, 0.5) is 0 Å². The van der Waals surface area contributed by atoms with Crippen LogP contribution in [0.5, 0.6) is 0 Å². The molecule has 7 heteroatoms. The molecule has 1 saturated heterocycles. The Balaban J connectivity index is 2.28. The van der Waals surface area contributed by atoms with Gasteiger partial charge >= 0.3 is 0 Å². The molecule has 1 aromatic heterocycles. The summed E-state index contributed by atoms with van der Waals surface area (Å²) < 4.78 is 25.5. The highest BCUT2D eigenvalue weighted by atomic mass is 79.9. The van der Waals surface area contributed by atoms with Gasteiger partial charge in [0.1, 0.15) is 0 Å². The van der Waals surface area contributed by atoms with Crippen LogP contribution in [0.15, 0.2) is 4.47 Å². The van der Waals surface area contributed by atoms with Crippen LogP contribution in [-0.4, -0.2) is 40.4 Å². The third kappa shape index (κ3) is 2.62. The van der Waals surface area contributed by atoms with Crippen molar-refractivity contribution >= 4 is 25.8 Å². The van der Waals surface area contributed by atoms with Gasteiger partial charge in [-0.15, -0.1) is 0 Å². The molecule has 1 N–H and O–H groups in total. The second-order valence-corrected chi connectivity index (χ2v) is 7.90. The monoisotopic (exact) mass is 336 g/mol. The number of halogens is 1. The highest BCUT2D eigenvalue weighted by molar-refractivity contribution is 9.10. The maximum Gasteiger partial charge on any atom is 0.153 e. The van der Waals surface area contributed by atoms with Crippen molar-refractivity contribution in [1.82, 2.24) is 9.78 Å². The third-order valence-corrected chi connectivity index (χ3v) is 6.09. The predicted molar refractivity (Wildman–Crippen MR) is 72.2 cm³/mol. The Hall–Kier alpha value is -0.400. The molecule has 0 spiro atoms. The molecule has 0 aliphatic carbocycles. The summed E-state index contributed by atoms with van der Waals surface area (Å²) in [6.07, 6.45) is 1.41. The van der Waals surface area contributed by atoms with Gasteiger partial charge in [0.25, 0.3) is 0 Å². The van der Waals surface area contributed by atoms with Crippen LogP contribution in [0.25, 0.3) is 0 Å². The van der Waals surface area contributed by atoms with E-state index in [-0.39, 0.29) is 11.5 Å². The van der Waals surface area contributed by atoms with E-state index in [1.165, 1.54) is 0 Å². The molecule has 0 saturated carbocycles. The number of sulfone groups is 1. The van der Waals surface area contributed by atoms with E-state index >= 15 is 0 Å². The lowest BCUT2D eigenvalue weighted by molar-refractivity contribution is 0.0660. The first-order valence-corrected chi connectivity index (χ1v) is 8.51. The van der Waals surface area contributed by atoms with Crippen LogP contribution in [0.2, 0.25) is 0 Å². The Bertz CT molecular complexity index is 567. The van der Waals surface area contributed by atoms with Gasteiger partial charge < -0.3 is 5.11 Å². The maximum absolute atomic E-state index is 11.5.